The maximum Gasteiger partial charge on any atom is 0.173 e. The van der Waals surface area contributed by atoms with Crippen molar-refractivity contribution in [2.75, 3.05) is 58.4 Å². The normalized spacial score (nSPS) is 18.2. The quantitative estimate of drug-likeness (QED) is 0.407. The van der Waals surface area contributed by atoms with Gasteiger partial charge in [-0.25, -0.2) is 0 Å². The molecule has 8 nitrogen and oxygen atoms in total. The van der Waals surface area contributed by atoms with Crippen molar-refractivity contribution in [2.45, 2.75) is 12.2 Å². The molecule has 0 amide bonds. The zero-order valence-corrected chi connectivity index (χ0v) is 17.9. The van der Waals surface area contributed by atoms with Crippen LogP contribution in [0.25, 0.3) is 0 Å². The van der Waals surface area contributed by atoms with Gasteiger partial charge < -0.3 is 25.0 Å². The Labute approximate surface area is 183 Å². The van der Waals surface area contributed by atoms with E-state index in [9.17, 15) is 0 Å². The number of anilines is 1. The van der Waals surface area contributed by atoms with Crippen LogP contribution in [-0.2, 0) is 0 Å². The van der Waals surface area contributed by atoms with Crippen LogP contribution < -0.4 is 20.1 Å². The van der Waals surface area contributed by atoms with Gasteiger partial charge in [0.05, 0.1) is 20.3 Å². The Bertz CT molecular complexity index is 792. The summed E-state index contributed by atoms with van der Waals surface area (Å²) in [6, 6.07) is 15.8. The van der Waals surface area contributed by atoms with Gasteiger partial charge in [-0.1, -0.05) is 12.1 Å². The number of aliphatic imine (C=N–C) groups is 1. The van der Waals surface area contributed by atoms with Crippen LogP contribution in [0.15, 0.2) is 53.5 Å². The van der Waals surface area contributed by atoms with Gasteiger partial charge in [0.2, 0.25) is 0 Å². The van der Waals surface area contributed by atoms with Crippen molar-refractivity contribution in [3.63, 3.8) is 0 Å². The van der Waals surface area contributed by atoms with E-state index in [-0.39, 0.29) is 25.4 Å². The summed E-state index contributed by atoms with van der Waals surface area (Å²) in [5.41, 5.74) is 2.15. The van der Waals surface area contributed by atoms with Gasteiger partial charge in [-0.3, -0.25) is 15.2 Å². The zero-order valence-electron chi connectivity index (χ0n) is 17.9. The number of aliphatic hydroxyl groups excluding tert-OH is 2. The minimum absolute atomic E-state index is 0.0683. The highest BCUT2D eigenvalue weighted by Gasteiger charge is 2.17. The van der Waals surface area contributed by atoms with Crippen molar-refractivity contribution in [2.24, 2.45) is 4.99 Å². The average molecular weight is 429 g/mol. The van der Waals surface area contributed by atoms with Crippen LogP contribution in [0.3, 0.4) is 0 Å². The first-order valence-electron chi connectivity index (χ1n) is 10.6. The van der Waals surface area contributed by atoms with Crippen LogP contribution in [-0.4, -0.2) is 80.7 Å². The summed E-state index contributed by atoms with van der Waals surface area (Å²) >= 11 is 0. The van der Waals surface area contributed by atoms with Crippen molar-refractivity contribution in [1.82, 2.24) is 10.2 Å². The molecular weight excluding hydrogens is 396 g/mol. The van der Waals surface area contributed by atoms with E-state index in [0.717, 1.165) is 23.7 Å². The standard InChI is InChI=1S/C23H32N4O4/c1-30-21-6-2-18(3-7-21)19-16-24-23(25-17-19)26-20-4-8-22(9-5-20)31-15-12-27(10-13-28)11-14-29/h2-9,16,19,23,25-26,28-29H,10-15,17H2,1H3. The zero-order chi connectivity index (χ0) is 21.9. The Morgan fingerprint density at radius 2 is 1.68 bits per heavy atom. The van der Waals surface area contributed by atoms with Gasteiger partial charge in [0.1, 0.15) is 18.1 Å². The second-order valence-corrected chi connectivity index (χ2v) is 7.29. The monoisotopic (exact) mass is 428 g/mol. The van der Waals surface area contributed by atoms with Crippen LogP contribution in [0.1, 0.15) is 11.5 Å². The molecule has 0 saturated heterocycles. The average Bonchev–Trinajstić information content (AvgIpc) is 2.81. The summed E-state index contributed by atoms with van der Waals surface area (Å²) < 4.78 is 11.0. The summed E-state index contributed by atoms with van der Waals surface area (Å²) in [6.07, 6.45) is 1.81. The maximum atomic E-state index is 9.05. The van der Waals surface area contributed by atoms with Gasteiger partial charge >= 0.3 is 0 Å². The molecule has 2 unspecified atom stereocenters. The number of hydrogen-bond donors (Lipinski definition) is 4. The molecule has 0 saturated carbocycles. The summed E-state index contributed by atoms with van der Waals surface area (Å²) in [4.78, 5) is 6.56. The van der Waals surface area contributed by atoms with E-state index in [2.05, 4.69) is 27.8 Å². The van der Waals surface area contributed by atoms with Crippen molar-refractivity contribution < 1.29 is 19.7 Å². The van der Waals surface area contributed by atoms with E-state index in [0.29, 0.717) is 26.2 Å². The molecule has 2 aromatic rings. The molecule has 8 heteroatoms. The molecule has 1 aliphatic rings. The highest BCUT2D eigenvalue weighted by atomic mass is 16.5. The summed E-state index contributed by atoms with van der Waals surface area (Å²) in [5, 5.41) is 24.9. The minimum Gasteiger partial charge on any atom is -0.497 e. The lowest BCUT2D eigenvalue weighted by molar-refractivity contribution is 0.141. The fraction of sp³-hybridized carbons (Fsp3) is 0.435. The highest BCUT2D eigenvalue weighted by Crippen LogP contribution is 2.21. The summed E-state index contributed by atoms with van der Waals surface area (Å²) in [5.74, 6) is 1.86. The second kappa shape index (κ2) is 12.3. The maximum absolute atomic E-state index is 9.05. The molecule has 2 aromatic carbocycles. The van der Waals surface area contributed by atoms with Crippen LogP contribution >= 0.6 is 0 Å². The first-order valence-corrected chi connectivity index (χ1v) is 10.6. The van der Waals surface area contributed by atoms with Crippen LogP contribution in [0.4, 0.5) is 5.69 Å². The third-order valence-corrected chi connectivity index (χ3v) is 5.16. The highest BCUT2D eigenvalue weighted by molar-refractivity contribution is 5.69. The molecule has 0 bridgehead atoms. The van der Waals surface area contributed by atoms with Gasteiger partial charge in [0.15, 0.2) is 6.29 Å². The number of ether oxygens (including phenoxy) is 2. The molecule has 0 aliphatic carbocycles. The van der Waals surface area contributed by atoms with E-state index in [1.165, 1.54) is 5.56 Å². The molecule has 4 N–H and O–H groups in total. The molecule has 0 spiro atoms. The van der Waals surface area contributed by atoms with Crippen molar-refractivity contribution >= 4 is 11.9 Å². The van der Waals surface area contributed by atoms with Crippen molar-refractivity contribution in [1.29, 1.82) is 0 Å². The van der Waals surface area contributed by atoms with Crippen molar-refractivity contribution in [3.8, 4) is 11.5 Å². The Morgan fingerprint density at radius 3 is 2.26 bits per heavy atom. The van der Waals surface area contributed by atoms with E-state index in [4.69, 9.17) is 19.7 Å². The largest absolute Gasteiger partial charge is 0.497 e. The lowest BCUT2D eigenvalue weighted by Crippen LogP contribution is -2.41. The van der Waals surface area contributed by atoms with Gasteiger partial charge in [-0.15, -0.1) is 0 Å². The number of rotatable bonds is 12. The molecule has 0 fully saturated rings. The number of methoxy groups -OCH3 is 1. The summed E-state index contributed by atoms with van der Waals surface area (Å²) in [7, 11) is 1.67. The Hall–Kier alpha value is -2.65. The van der Waals surface area contributed by atoms with Crippen LogP contribution in [0.2, 0.25) is 0 Å². The molecule has 1 heterocycles. The fourth-order valence-electron chi connectivity index (χ4n) is 3.39. The third kappa shape index (κ3) is 7.22. The first-order chi connectivity index (χ1) is 15.2. The van der Waals surface area contributed by atoms with Gasteiger partial charge in [0.25, 0.3) is 0 Å². The predicted octanol–water partition coefficient (Wildman–Crippen LogP) is 1.51. The van der Waals surface area contributed by atoms with Crippen LogP contribution in [0, 0.1) is 0 Å². The summed E-state index contributed by atoms with van der Waals surface area (Å²) in [6.45, 7) is 3.14. The smallest absolute Gasteiger partial charge is 0.173 e. The minimum atomic E-state index is -0.174. The number of aliphatic hydroxyl groups is 2. The third-order valence-electron chi connectivity index (χ3n) is 5.16. The molecule has 31 heavy (non-hydrogen) atoms. The molecule has 1 aliphatic heterocycles. The van der Waals surface area contributed by atoms with Gasteiger partial charge in [-0.2, -0.15) is 0 Å². The number of benzene rings is 2. The Kier molecular flexibility index (Phi) is 9.11. The van der Waals surface area contributed by atoms with E-state index >= 15 is 0 Å². The Morgan fingerprint density at radius 1 is 1.00 bits per heavy atom. The molecule has 2 atom stereocenters. The topological polar surface area (TPSA) is 98.6 Å². The van der Waals surface area contributed by atoms with Gasteiger partial charge in [-0.05, 0) is 42.0 Å². The van der Waals surface area contributed by atoms with Gasteiger partial charge in [0, 0.05) is 44.0 Å². The lowest BCUT2D eigenvalue weighted by atomic mass is 9.99. The Balaban J connectivity index is 1.44. The predicted molar refractivity (Wildman–Crippen MR) is 122 cm³/mol. The first kappa shape index (κ1) is 23.0. The number of hydrogen-bond acceptors (Lipinski definition) is 8. The van der Waals surface area contributed by atoms with Crippen LogP contribution in [0.5, 0.6) is 11.5 Å². The fourth-order valence-corrected chi connectivity index (χ4v) is 3.39. The number of nitrogens with one attached hydrogen (secondary N) is 2. The molecule has 3 rings (SSSR count). The van der Waals surface area contributed by atoms with E-state index in [1.807, 2.05) is 47.5 Å². The lowest BCUT2D eigenvalue weighted by Gasteiger charge is -2.25. The number of nitrogens with zero attached hydrogens (tertiary/aromatic N) is 2. The molecule has 0 aromatic heterocycles. The second-order valence-electron chi connectivity index (χ2n) is 7.29. The van der Waals surface area contributed by atoms with E-state index < -0.39 is 0 Å². The SMILES string of the molecule is COc1ccc(C2C=NC(Nc3ccc(OCCN(CCO)CCO)cc3)NC2)cc1. The molecule has 0 radical (unpaired) electrons. The van der Waals surface area contributed by atoms with Crippen molar-refractivity contribution in [3.05, 3.63) is 54.1 Å². The molecule has 168 valence electrons. The van der Waals surface area contributed by atoms with E-state index in [1.54, 1.807) is 7.11 Å². The molecular formula is C23H32N4O4.